The second-order valence-corrected chi connectivity index (χ2v) is 5.61. The van der Waals surface area contributed by atoms with Crippen molar-refractivity contribution in [2.75, 3.05) is 12.4 Å². The molecule has 21 heavy (non-hydrogen) atoms. The smallest absolute Gasteiger partial charge is 0.337 e. The Morgan fingerprint density at radius 3 is 2.76 bits per heavy atom. The summed E-state index contributed by atoms with van der Waals surface area (Å²) in [4.78, 5) is 24.7. The van der Waals surface area contributed by atoms with Gasteiger partial charge in [0.05, 0.1) is 24.1 Å². The van der Waals surface area contributed by atoms with Gasteiger partial charge in [-0.05, 0) is 52.9 Å². The standard InChI is InChI=1S/C14H13IN2O4/c1-17(8-10-3-2-6-21-10)14(20)16-12-5-4-9(15)7-11(12)13(18)19/h2-7H,8H2,1H3,(H,16,20)(H,18,19). The minimum Gasteiger partial charge on any atom is -0.478 e. The van der Waals surface area contributed by atoms with E-state index in [9.17, 15) is 9.59 Å². The van der Waals surface area contributed by atoms with Gasteiger partial charge in [0.25, 0.3) is 0 Å². The van der Waals surface area contributed by atoms with Crippen LogP contribution in [0, 0.1) is 3.57 Å². The number of carbonyl (C=O) groups excluding carboxylic acids is 1. The third-order valence-electron chi connectivity index (χ3n) is 2.77. The number of urea groups is 1. The summed E-state index contributed by atoms with van der Waals surface area (Å²) in [5, 5.41) is 11.8. The Hall–Kier alpha value is -2.03. The lowest BCUT2D eigenvalue weighted by Crippen LogP contribution is -2.31. The van der Waals surface area contributed by atoms with Crippen LogP contribution in [0.5, 0.6) is 0 Å². The summed E-state index contributed by atoms with van der Waals surface area (Å²) in [6.07, 6.45) is 1.53. The summed E-state index contributed by atoms with van der Waals surface area (Å²) >= 11 is 2.02. The largest absolute Gasteiger partial charge is 0.478 e. The van der Waals surface area contributed by atoms with Gasteiger partial charge in [0.2, 0.25) is 0 Å². The van der Waals surface area contributed by atoms with Gasteiger partial charge in [0, 0.05) is 10.6 Å². The number of hydrogen-bond acceptors (Lipinski definition) is 3. The zero-order valence-electron chi connectivity index (χ0n) is 11.2. The molecule has 2 aromatic rings. The van der Waals surface area contributed by atoms with E-state index in [0.29, 0.717) is 12.3 Å². The molecule has 0 aliphatic heterocycles. The van der Waals surface area contributed by atoms with Crippen molar-refractivity contribution in [3.05, 3.63) is 51.5 Å². The number of aromatic carboxylic acids is 1. The molecule has 0 aliphatic rings. The highest BCUT2D eigenvalue weighted by Gasteiger charge is 2.16. The Morgan fingerprint density at radius 1 is 1.38 bits per heavy atom. The Labute approximate surface area is 134 Å². The van der Waals surface area contributed by atoms with Crippen LogP contribution in [-0.4, -0.2) is 29.1 Å². The predicted molar refractivity (Wildman–Crippen MR) is 85.3 cm³/mol. The summed E-state index contributed by atoms with van der Waals surface area (Å²) in [7, 11) is 1.60. The number of carbonyl (C=O) groups is 2. The van der Waals surface area contributed by atoms with Crippen LogP contribution in [0.15, 0.2) is 41.0 Å². The number of hydrogen-bond donors (Lipinski definition) is 2. The molecule has 2 N–H and O–H groups in total. The molecule has 0 radical (unpaired) electrons. The first-order valence-corrected chi connectivity index (χ1v) is 7.12. The molecule has 7 heteroatoms. The Morgan fingerprint density at radius 2 is 2.14 bits per heavy atom. The zero-order valence-corrected chi connectivity index (χ0v) is 13.3. The molecule has 2 rings (SSSR count). The highest BCUT2D eigenvalue weighted by molar-refractivity contribution is 14.1. The van der Waals surface area contributed by atoms with Crippen LogP contribution in [0.4, 0.5) is 10.5 Å². The van der Waals surface area contributed by atoms with Crippen molar-refractivity contribution < 1.29 is 19.1 Å². The van der Waals surface area contributed by atoms with Crippen molar-refractivity contribution in [2.24, 2.45) is 0 Å². The van der Waals surface area contributed by atoms with E-state index >= 15 is 0 Å². The van der Waals surface area contributed by atoms with Crippen LogP contribution in [0.3, 0.4) is 0 Å². The number of amides is 2. The zero-order chi connectivity index (χ0) is 15.4. The second kappa shape index (κ2) is 6.61. The van der Waals surface area contributed by atoms with Crippen molar-refractivity contribution in [1.82, 2.24) is 4.90 Å². The normalized spacial score (nSPS) is 10.2. The molecule has 0 saturated heterocycles. The Balaban J connectivity index is 2.10. The lowest BCUT2D eigenvalue weighted by atomic mass is 10.2. The van der Waals surface area contributed by atoms with Crippen LogP contribution >= 0.6 is 22.6 Å². The molecule has 0 atom stereocenters. The van der Waals surface area contributed by atoms with Crippen LogP contribution in [0.1, 0.15) is 16.1 Å². The fourth-order valence-corrected chi connectivity index (χ4v) is 2.21. The first-order chi connectivity index (χ1) is 9.97. The van der Waals surface area contributed by atoms with Crippen molar-refractivity contribution in [3.8, 4) is 0 Å². The number of benzene rings is 1. The second-order valence-electron chi connectivity index (χ2n) is 4.36. The molecule has 0 unspecified atom stereocenters. The van der Waals surface area contributed by atoms with Crippen LogP contribution in [-0.2, 0) is 6.54 Å². The average Bonchev–Trinajstić information content (AvgIpc) is 2.93. The third kappa shape index (κ3) is 3.97. The lowest BCUT2D eigenvalue weighted by Gasteiger charge is -2.17. The van der Waals surface area contributed by atoms with Crippen LogP contribution in [0.25, 0.3) is 0 Å². The molecule has 1 aromatic carbocycles. The molecule has 0 saturated carbocycles. The van der Waals surface area contributed by atoms with Crippen LogP contribution in [0.2, 0.25) is 0 Å². The molecule has 0 aliphatic carbocycles. The highest BCUT2D eigenvalue weighted by Crippen LogP contribution is 2.19. The fraction of sp³-hybridized carbons (Fsp3) is 0.143. The molecular formula is C14H13IN2O4. The summed E-state index contributed by atoms with van der Waals surface area (Å²) in [5.41, 5.74) is 0.320. The maximum atomic E-state index is 12.1. The SMILES string of the molecule is CN(Cc1ccco1)C(=O)Nc1ccc(I)cc1C(=O)O. The maximum absolute atomic E-state index is 12.1. The van der Waals surface area contributed by atoms with Gasteiger partial charge in [-0.25, -0.2) is 9.59 Å². The van der Waals surface area contributed by atoms with Gasteiger partial charge in [-0.15, -0.1) is 0 Å². The van der Waals surface area contributed by atoms with Crippen molar-refractivity contribution >= 4 is 40.3 Å². The van der Waals surface area contributed by atoms with Gasteiger partial charge in [-0.1, -0.05) is 0 Å². The van der Waals surface area contributed by atoms with Gasteiger partial charge < -0.3 is 19.7 Å². The lowest BCUT2D eigenvalue weighted by molar-refractivity contribution is 0.0698. The molecule has 2 amide bonds. The molecule has 6 nitrogen and oxygen atoms in total. The number of rotatable bonds is 4. The van der Waals surface area contributed by atoms with E-state index in [2.05, 4.69) is 5.32 Å². The number of furan rings is 1. The van der Waals surface area contributed by atoms with Crippen molar-refractivity contribution in [1.29, 1.82) is 0 Å². The average molecular weight is 400 g/mol. The molecule has 0 bridgehead atoms. The Bertz CT molecular complexity index is 655. The number of carboxylic acid groups (broad SMARTS) is 1. The topological polar surface area (TPSA) is 82.8 Å². The molecule has 1 aromatic heterocycles. The van der Waals surface area contributed by atoms with E-state index in [4.69, 9.17) is 9.52 Å². The van der Waals surface area contributed by atoms with Gasteiger partial charge in [0.15, 0.2) is 0 Å². The summed E-state index contributed by atoms with van der Waals surface area (Å²) in [6.45, 7) is 0.297. The molecular weight excluding hydrogens is 387 g/mol. The molecule has 0 spiro atoms. The third-order valence-corrected chi connectivity index (χ3v) is 3.44. The molecule has 1 heterocycles. The van der Waals surface area contributed by atoms with E-state index in [1.54, 1.807) is 31.3 Å². The summed E-state index contributed by atoms with van der Waals surface area (Å²) < 4.78 is 5.95. The van der Waals surface area contributed by atoms with Crippen molar-refractivity contribution in [3.63, 3.8) is 0 Å². The van der Waals surface area contributed by atoms with E-state index in [1.165, 1.54) is 17.2 Å². The quantitative estimate of drug-likeness (QED) is 0.773. The summed E-state index contributed by atoms with van der Waals surface area (Å²) in [6, 6.07) is 7.90. The maximum Gasteiger partial charge on any atom is 0.337 e. The van der Waals surface area contributed by atoms with Gasteiger partial charge in [-0.3, -0.25) is 0 Å². The van der Waals surface area contributed by atoms with Crippen molar-refractivity contribution in [2.45, 2.75) is 6.54 Å². The van der Waals surface area contributed by atoms with Gasteiger partial charge >= 0.3 is 12.0 Å². The minimum absolute atomic E-state index is 0.0571. The first kappa shape index (κ1) is 15.4. The number of nitrogens with one attached hydrogen (secondary N) is 1. The number of halogens is 1. The van der Waals surface area contributed by atoms with E-state index in [0.717, 1.165) is 3.57 Å². The van der Waals surface area contributed by atoms with E-state index < -0.39 is 12.0 Å². The monoisotopic (exact) mass is 400 g/mol. The van der Waals surface area contributed by atoms with Crippen LogP contribution < -0.4 is 5.32 Å². The number of anilines is 1. The first-order valence-electron chi connectivity index (χ1n) is 6.04. The highest BCUT2D eigenvalue weighted by atomic mass is 127. The molecule has 110 valence electrons. The Kier molecular flexibility index (Phi) is 4.84. The number of nitrogens with zero attached hydrogens (tertiary/aromatic N) is 1. The molecule has 0 fully saturated rings. The predicted octanol–water partition coefficient (Wildman–Crippen LogP) is 3.25. The fourth-order valence-electron chi connectivity index (χ4n) is 1.72. The van der Waals surface area contributed by atoms with E-state index in [-0.39, 0.29) is 11.3 Å². The number of carboxylic acids is 1. The summed E-state index contributed by atoms with van der Waals surface area (Å²) in [5.74, 6) is -0.439. The van der Waals surface area contributed by atoms with Gasteiger partial charge in [0.1, 0.15) is 5.76 Å². The minimum atomic E-state index is -1.09. The van der Waals surface area contributed by atoms with Gasteiger partial charge in [-0.2, -0.15) is 0 Å². The van der Waals surface area contributed by atoms with E-state index in [1.807, 2.05) is 22.6 Å².